The van der Waals surface area contributed by atoms with Crippen molar-refractivity contribution in [3.05, 3.63) is 76.3 Å². The molecule has 0 atom stereocenters. The minimum Gasteiger partial charge on any atom is -0.342 e. The van der Waals surface area contributed by atoms with Crippen LogP contribution in [0, 0.1) is 6.92 Å². The first-order valence-electron chi connectivity index (χ1n) is 7.98. The molecule has 4 rings (SSSR count). The summed E-state index contributed by atoms with van der Waals surface area (Å²) in [6, 6.07) is 16.8. The molecule has 0 radical (unpaired) electrons. The van der Waals surface area contributed by atoms with Gasteiger partial charge < -0.3 is 9.88 Å². The van der Waals surface area contributed by atoms with Crippen molar-refractivity contribution in [2.45, 2.75) is 13.5 Å². The Morgan fingerprint density at radius 2 is 1.92 bits per heavy atom. The minimum atomic E-state index is -0.120. The summed E-state index contributed by atoms with van der Waals surface area (Å²) in [5, 5.41) is 3.80. The number of thiocarbonyl (C=S) groups is 1. The predicted molar refractivity (Wildman–Crippen MR) is 109 cm³/mol. The Kier molecular flexibility index (Phi) is 4.19. The molecule has 1 aliphatic rings. The third kappa shape index (κ3) is 3.25. The number of nitrogens with zero attached hydrogens (tertiary/aromatic N) is 1. The van der Waals surface area contributed by atoms with Crippen LogP contribution >= 0.6 is 24.0 Å². The number of amides is 1. The molecule has 2 aromatic carbocycles. The molecule has 0 bridgehead atoms. The molecule has 2 heterocycles. The number of hydrogen-bond donors (Lipinski definition) is 1. The number of fused-ring (bicyclic) bond motifs is 1. The summed E-state index contributed by atoms with van der Waals surface area (Å²) in [5.41, 5.74) is 4.69. The van der Waals surface area contributed by atoms with E-state index in [0.29, 0.717) is 9.23 Å². The number of aromatic nitrogens is 1. The van der Waals surface area contributed by atoms with Crippen LogP contribution in [0.5, 0.6) is 0 Å². The Morgan fingerprint density at radius 1 is 1.16 bits per heavy atom. The summed E-state index contributed by atoms with van der Waals surface area (Å²) in [4.78, 5) is 12.6. The molecule has 3 nitrogen and oxygen atoms in total. The number of hydrogen-bond acceptors (Lipinski definition) is 3. The third-order valence-corrected chi connectivity index (χ3v) is 5.38. The number of para-hydroxylation sites is 1. The Hall–Kier alpha value is -2.37. The fraction of sp³-hybridized carbons (Fsp3) is 0.100. The summed E-state index contributed by atoms with van der Waals surface area (Å²) in [6.45, 7) is 2.88. The summed E-state index contributed by atoms with van der Waals surface area (Å²) in [5.74, 6) is -0.120. The van der Waals surface area contributed by atoms with Crippen molar-refractivity contribution >= 4 is 51.2 Å². The van der Waals surface area contributed by atoms with Gasteiger partial charge in [-0.1, -0.05) is 72.0 Å². The van der Waals surface area contributed by atoms with E-state index >= 15 is 0 Å². The van der Waals surface area contributed by atoms with E-state index in [0.717, 1.165) is 23.0 Å². The van der Waals surface area contributed by atoms with E-state index < -0.39 is 0 Å². The van der Waals surface area contributed by atoms with Gasteiger partial charge in [0.05, 0.1) is 4.91 Å². The standard InChI is InChI=1S/C20H16N2OS2/c1-13-6-8-14(9-7-13)11-22-12-15(16-4-2-3-5-17(16)22)10-18-19(23)21-20(24)25-18/h2-10,12H,11H2,1H3,(H,21,23,24)/b18-10+. The van der Waals surface area contributed by atoms with Gasteiger partial charge in [-0.2, -0.15) is 0 Å². The quantitative estimate of drug-likeness (QED) is 0.549. The highest BCUT2D eigenvalue weighted by Crippen LogP contribution is 2.30. The Bertz CT molecular complexity index is 1020. The summed E-state index contributed by atoms with van der Waals surface area (Å²) in [7, 11) is 0. The summed E-state index contributed by atoms with van der Waals surface area (Å²) in [6.07, 6.45) is 4.03. The molecule has 1 amide bonds. The average molecular weight is 364 g/mol. The highest BCUT2D eigenvalue weighted by atomic mass is 32.2. The number of aryl methyl sites for hydroxylation is 1. The van der Waals surface area contributed by atoms with Gasteiger partial charge in [-0.3, -0.25) is 4.79 Å². The van der Waals surface area contributed by atoms with E-state index in [-0.39, 0.29) is 5.91 Å². The van der Waals surface area contributed by atoms with Gasteiger partial charge in [0.15, 0.2) is 0 Å². The second-order valence-corrected chi connectivity index (χ2v) is 7.79. The molecule has 1 N–H and O–H groups in total. The van der Waals surface area contributed by atoms with Gasteiger partial charge in [0.25, 0.3) is 5.91 Å². The van der Waals surface area contributed by atoms with Gasteiger partial charge in [-0.25, -0.2) is 0 Å². The van der Waals surface area contributed by atoms with Crippen molar-refractivity contribution < 1.29 is 4.79 Å². The molecule has 1 aromatic heterocycles. The first-order valence-corrected chi connectivity index (χ1v) is 9.21. The van der Waals surface area contributed by atoms with Crippen LogP contribution in [0.15, 0.2) is 59.6 Å². The van der Waals surface area contributed by atoms with Crippen LogP contribution < -0.4 is 5.32 Å². The molecule has 3 aromatic rings. The van der Waals surface area contributed by atoms with Crippen molar-refractivity contribution in [1.29, 1.82) is 0 Å². The molecule has 1 saturated heterocycles. The summed E-state index contributed by atoms with van der Waals surface area (Å²) >= 11 is 6.39. The molecule has 0 unspecified atom stereocenters. The lowest BCUT2D eigenvalue weighted by Crippen LogP contribution is -2.17. The maximum absolute atomic E-state index is 12.0. The number of nitrogens with one attached hydrogen (secondary N) is 1. The van der Waals surface area contributed by atoms with Crippen LogP contribution in [-0.2, 0) is 11.3 Å². The Morgan fingerprint density at radius 3 is 2.64 bits per heavy atom. The Labute approximate surface area is 155 Å². The molecule has 1 aliphatic heterocycles. The highest BCUT2D eigenvalue weighted by molar-refractivity contribution is 8.26. The van der Waals surface area contributed by atoms with Gasteiger partial charge in [-0.05, 0) is 24.6 Å². The molecule has 0 saturated carbocycles. The van der Waals surface area contributed by atoms with Gasteiger partial charge in [0.1, 0.15) is 4.32 Å². The van der Waals surface area contributed by atoms with E-state index in [1.54, 1.807) is 0 Å². The van der Waals surface area contributed by atoms with Crippen molar-refractivity contribution in [2.75, 3.05) is 0 Å². The number of rotatable bonds is 3. The monoisotopic (exact) mass is 364 g/mol. The molecule has 25 heavy (non-hydrogen) atoms. The zero-order valence-electron chi connectivity index (χ0n) is 13.7. The first-order chi connectivity index (χ1) is 12.1. The fourth-order valence-corrected chi connectivity index (χ4v) is 4.01. The number of carbonyl (C=O) groups is 1. The largest absolute Gasteiger partial charge is 0.342 e. The number of thioether (sulfide) groups is 1. The van der Waals surface area contributed by atoms with Gasteiger partial charge >= 0.3 is 0 Å². The summed E-state index contributed by atoms with van der Waals surface area (Å²) < 4.78 is 2.74. The third-order valence-electron chi connectivity index (χ3n) is 4.22. The lowest BCUT2D eigenvalue weighted by atomic mass is 10.1. The van der Waals surface area contributed by atoms with Crippen LogP contribution in [0.1, 0.15) is 16.7 Å². The van der Waals surface area contributed by atoms with Crippen LogP contribution in [0.25, 0.3) is 17.0 Å². The van der Waals surface area contributed by atoms with Crippen LogP contribution in [-0.4, -0.2) is 14.8 Å². The molecule has 5 heteroatoms. The van der Waals surface area contributed by atoms with Crippen LogP contribution in [0.3, 0.4) is 0 Å². The van der Waals surface area contributed by atoms with Crippen molar-refractivity contribution in [1.82, 2.24) is 9.88 Å². The van der Waals surface area contributed by atoms with E-state index in [2.05, 4.69) is 59.4 Å². The average Bonchev–Trinajstić information content (AvgIpc) is 3.10. The smallest absolute Gasteiger partial charge is 0.263 e. The second kappa shape index (κ2) is 6.50. The molecular weight excluding hydrogens is 348 g/mol. The SMILES string of the molecule is Cc1ccc(Cn2cc(/C=C3/SC(=S)NC3=O)c3ccccc32)cc1. The maximum Gasteiger partial charge on any atom is 0.263 e. The van der Waals surface area contributed by atoms with E-state index in [9.17, 15) is 4.79 Å². The van der Waals surface area contributed by atoms with E-state index in [4.69, 9.17) is 12.2 Å². The molecular formula is C20H16N2OS2. The van der Waals surface area contributed by atoms with E-state index in [1.165, 1.54) is 22.9 Å². The van der Waals surface area contributed by atoms with Crippen molar-refractivity contribution in [3.63, 3.8) is 0 Å². The van der Waals surface area contributed by atoms with Crippen molar-refractivity contribution in [2.24, 2.45) is 0 Å². The Balaban J connectivity index is 1.76. The van der Waals surface area contributed by atoms with Gasteiger partial charge in [0, 0.05) is 29.2 Å². The number of carbonyl (C=O) groups excluding carboxylic acids is 1. The van der Waals surface area contributed by atoms with E-state index in [1.807, 2.05) is 18.2 Å². The van der Waals surface area contributed by atoms with Gasteiger partial charge in [0.2, 0.25) is 0 Å². The zero-order chi connectivity index (χ0) is 17.4. The fourth-order valence-electron chi connectivity index (χ4n) is 2.97. The maximum atomic E-state index is 12.0. The molecule has 124 valence electrons. The normalized spacial score (nSPS) is 16.0. The molecule has 0 spiro atoms. The lowest BCUT2D eigenvalue weighted by Gasteiger charge is -2.06. The number of benzene rings is 2. The molecule has 0 aliphatic carbocycles. The second-order valence-electron chi connectivity index (χ2n) is 6.07. The first kappa shape index (κ1) is 16.1. The zero-order valence-corrected chi connectivity index (χ0v) is 15.3. The van der Waals surface area contributed by atoms with Crippen molar-refractivity contribution in [3.8, 4) is 0 Å². The predicted octanol–water partition coefficient (Wildman–Crippen LogP) is 4.49. The minimum absolute atomic E-state index is 0.120. The van der Waals surface area contributed by atoms with Crippen LogP contribution in [0.2, 0.25) is 0 Å². The topological polar surface area (TPSA) is 34.0 Å². The lowest BCUT2D eigenvalue weighted by molar-refractivity contribution is -0.115. The van der Waals surface area contributed by atoms with Gasteiger partial charge in [-0.15, -0.1) is 0 Å². The highest BCUT2D eigenvalue weighted by Gasteiger charge is 2.22. The van der Waals surface area contributed by atoms with Crippen LogP contribution in [0.4, 0.5) is 0 Å². The molecule has 1 fully saturated rings.